The number of pyridine rings is 1. The van der Waals surface area contributed by atoms with Gasteiger partial charge >= 0.3 is 0 Å². The lowest BCUT2D eigenvalue weighted by Gasteiger charge is -2.22. The molecule has 128 valence electrons. The molecule has 2 N–H and O–H groups in total. The molecule has 0 spiro atoms. The van der Waals surface area contributed by atoms with Gasteiger partial charge in [0.05, 0.1) is 35.7 Å². The molecule has 0 saturated heterocycles. The molecule has 6 nitrogen and oxygen atoms in total. The largest absolute Gasteiger partial charge is 0.324 e. The fourth-order valence-electron chi connectivity index (χ4n) is 1.99. The molecule has 0 amide bonds. The number of aromatic nitrogens is 1. The molecule has 0 saturated carbocycles. The fraction of sp³-hybridized carbons (Fsp3) is 0.200. The van der Waals surface area contributed by atoms with Crippen LogP contribution in [0.1, 0.15) is 16.1 Å². The van der Waals surface area contributed by atoms with E-state index in [4.69, 9.17) is 17.3 Å². The number of nitrogens with two attached hydrogens (primary N) is 1. The van der Waals surface area contributed by atoms with E-state index in [0.29, 0.717) is 11.3 Å². The maximum atomic E-state index is 13.3. The van der Waals surface area contributed by atoms with Gasteiger partial charge in [0.25, 0.3) is 0 Å². The Morgan fingerprint density at radius 3 is 2.54 bits per heavy atom. The summed E-state index contributed by atoms with van der Waals surface area (Å²) >= 11 is 5.72. The molecule has 0 fully saturated rings. The van der Waals surface area contributed by atoms with Crippen molar-refractivity contribution in [3.8, 4) is 0 Å². The number of rotatable bonds is 6. The molecule has 0 bridgehead atoms. The average Bonchev–Trinajstić information content (AvgIpc) is 2.54. The van der Waals surface area contributed by atoms with Crippen LogP contribution in [-0.2, 0) is 16.6 Å². The van der Waals surface area contributed by atoms with Crippen LogP contribution in [0.15, 0.2) is 36.5 Å². The maximum Gasteiger partial charge on any atom is 0.232 e. The van der Waals surface area contributed by atoms with E-state index >= 15 is 0 Å². The molecule has 1 aromatic heterocycles. The number of benzene rings is 1. The van der Waals surface area contributed by atoms with Gasteiger partial charge in [-0.25, -0.2) is 12.8 Å². The number of anilines is 1. The van der Waals surface area contributed by atoms with E-state index < -0.39 is 15.8 Å². The van der Waals surface area contributed by atoms with Gasteiger partial charge in [-0.05, 0) is 30.3 Å². The van der Waals surface area contributed by atoms with E-state index in [0.717, 1.165) is 16.6 Å². The predicted molar refractivity (Wildman–Crippen MR) is 90.1 cm³/mol. The third-order valence-corrected chi connectivity index (χ3v) is 4.66. The Kier molecular flexibility index (Phi) is 5.53. The molecule has 0 unspecified atom stereocenters. The van der Waals surface area contributed by atoms with Crippen molar-refractivity contribution in [1.29, 1.82) is 0 Å². The molecule has 24 heavy (non-hydrogen) atoms. The smallest absolute Gasteiger partial charge is 0.232 e. The quantitative estimate of drug-likeness (QED) is 0.784. The number of Topliss-reactive ketones (excluding diaryl/α,β-unsaturated/α-hetero) is 1. The Morgan fingerprint density at radius 1 is 1.33 bits per heavy atom. The lowest BCUT2D eigenvalue weighted by atomic mass is 10.2. The van der Waals surface area contributed by atoms with Gasteiger partial charge in [-0.2, -0.15) is 0 Å². The SMILES string of the molecule is CS(=O)(=O)N(Cc1ccc(C(=O)CN)cn1)c1ccc(F)c(Cl)c1. The van der Waals surface area contributed by atoms with Crippen LogP contribution in [-0.4, -0.2) is 32.0 Å². The topological polar surface area (TPSA) is 93.4 Å². The normalized spacial score (nSPS) is 11.3. The van der Waals surface area contributed by atoms with Crippen molar-refractivity contribution in [1.82, 2.24) is 4.98 Å². The zero-order valence-electron chi connectivity index (χ0n) is 12.7. The molecule has 9 heteroatoms. The summed E-state index contributed by atoms with van der Waals surface area (Å²) in [5.74, 6) is -0.907. The highest BCUT2D eigenvalue weighted by Crippen LogP contribution is 2.25. The van der Waals surface area contributed by atoms with Gasteiger partial charge in [0.2, 0.25) is 10.0 Å². The Balaban J connectivity index is 2.33. The Bertz CT molecular complexity index is 857. The predicted octanol–water partition coefficient (Wildman–Crippen LogP) is 1.98. The first-order valence-corrected chi connectivity index (χ1v) is 9.06. The first kappa shape index (κ1) is 18.3. The third kappa shape index (κ3) is 4.28. The first-order valence-electron chi connectivity index (χ1n) is 6.83. The molecule has 2 aromatic rings. The molecule has 0 atom stereocenters. The lowest BCUT2D eigenvalue weighted by Crippen LogP contribution is -2.29. The number of ketones is 1. The number of sulfonamides is 1. The third-order valence-electron chi connectivity index (χ3n) is 3.23. The van der Waals surface area contributed by atoms with Gasteiger partial charge in [-0.15, -0.1) is 0 Å². The minimum Gasteiger partial charge on any atom is -0.324 e. The highest BCUT2D eigenvalue weighted by Gasteiger charge is 2.20. The number of hydrogen-bond acceptors (Lipinski definition) is 5. The van der Waals surface area contributed by atoms with Crippen molar-refractivity contribution in [2.75, 3.05) is 17.1 Å². The molecule has 0 aliphatic rings. The second kappa shape index (κ2) is 7.25. The van der Waals surface area contributed by atoms with Crippen LogP contribution >= 0.6 is 11.6 Å². The minimum atomic E-state index is -3.65. The van der Waals surface area contributed by atoms with Crippen LogP contribution in [0.2, 0.25) is 5.02 Å². The minimum absolute atomic E-state index is 0.0854. The second-order valence-electron chi connectivity index (χ2n) is 5.03. The summed E-state index contributed by atoms with van der Waals surface area (Å²) in [5, 5.41) is -0.182. The number of halogens is 2. The van der Waals surface area contributed by atoms with Crippen LogP contribution in [0.25, 0.3) is 0 Å². The second-order valence-corrected chi connectivity index (χ2v) is 7.35. The van der Waals surface area contributed by atoms with E-state index in [1.165, 1.54) is 30.5 Å². The van der Waals surface area contributed by atoms with Crippen LogP contribution < -0.4 is 10.0 Å². The molecular formula is C15H15ClFN3O3S. The van der Waals surface area contributed by atoms with Crippen LogP contribution in [0.3, 0.4) is 0 Å². The first-order chi connectivity index (χ1) is 11.2. The number of carbonyl (C=O) groups excluding carboxylic acids is 1. The van der Waals surface area contributed by atoms with Crippen LogP contribution in [0, 0.1) is 5.82 Å². The van der Waals surface area contributed by atoms with Crippen molar-refractivity contribution in [2.45, 2.75) is 6.54 Å². The van der Waals surface area contributed by atoms with Crippen molar-refractivity contribution in [3.63, 3.8) is 0 Å². The molecule has 0 aliphatic heterocycles. The number of nitrogens with zero attached hydrogens (tertiary/aromatic N) is 2. The summed E-state index contributed by atoms with van der Waals surface area (Å²) in [6.45, 7) is -0.220. The maximum absolute atomic E-state index is 13.3. The summed E-state index contributed by atoms with van der Waals surface area (Å²) in [6, 6.07) is 6.69. The molecular weight excluding hydrogens is 357 g/mol. The van der Waals surface area contributed by atoms with E-state index in [1.54, 1.807) is 0 Å². The van der Waals surface area contributed by atoms with E-state index in [2.05, 4.69) is 4.98 Å². The fourth-order valence-corrected chi connectivity index (χ4v) is 3.03. The van der Waals surface area contributed by atoms with Crippen molar-refractivity contribution < 1.29 is 17.6 Å². The van der Waals surface area contributed by atoms with Crippen LogP contribution in [0.5, 0.6) is 0 Å². The van der Waals surface area contributed by atoms with Crippen molar-refractivity contribution >= 4 is 33.1 Å². The summed E-state index contributed by atoms with van der Waals surface area (Å²) in [7, 11) is -3.65. The number of carbonyl (C=O) groups is 1. The van der Waals surface area contributed by atoms with E-state index in [1.807, 2.05) is 0 Å². The van der Waals surface area contributed by atoms with Gasteiger partial charge in [0.1, 0.15) is 5.82 Å². The molecule has 0 radical (unpaired) electrons. The van der Waals surface area contributed by atoms with Gasteiger partial charge in [-0.1, -0.05) is 11.6 Å². The van der Waals surface area contributed by atoms with Gasteiger partial charge in [-0.3, -0.25) is 14.1 Å². The Labute approximate surface area is 144 Å². The lowest BCUT2D eigenvalue weighted by molar-refractivity contribution is 0.100. The average molecular weight is 372 g/mol. The Morgan fingerprint density at radius 2 is 2.04 bits per heavy atom. The van der Waals surface area contributed by atoms with Gasteiger partial charge in [0, 0.05) is 11.8 Å². The molecule has 2 rings (SSSR count). The molecule has 0 aliphatic carbocycles. The summed E-state index contributed by atoms with van der Waals surface area (Å²) in [5.41, 5.74) is 6.25. The van der Waals surface area contributed by atoms with E-state index in [-0.39, 0.29) is 29.6 Å². The number of hydrogen-bond donors (Lipinski definition) is 1. The zero-order chi connectivity index (χ0) is 17.9. The molecule has 1 aromatic carbocycles. The summed E-state index contributed by atoms with van der Waals surface area (Å²) in [6.07, 6.45) is 2.36. The van der Waals surface area contributed by atoms with Crippen molar-refractivity contribution in [3.05, 3.63) is 58.6 Å². The monoisotopic (exact) mass is 371 g/mol. The van der Waals surface area contributed by atoms with Crippen molar-refractivity contribution in [2.24, 2.45) is 5.73 Å². The summed E-state index contributed by atoms with van der Waals surface area (Å²) < 4.78 is 38.4. The standard InChI is InChI=1S/C15H15ClFN3O3S/c1-24(22,23)20(12-4-5-14(17)13(16)6-12)9-11-3-2-10(8-19-11)15(21)7-18/h2-6,8H,7,9,18H2,1H3. The van der Waals surface area contributed by atoms with Gasteiger partial charge < -0.3 is 5.73 Å². The van der Waals surface area contributed by atoms with Gasteiger partial charge in [0.15, 0.2) is 5.78 Å². The summed E-state index contributed by atoms with van der Waals surface area (Å²) in [4.78, 5) is 15.6. The van der Waals surface area contributed by atoms with E-state index in [9.17, 15) is 17.6 Å². The highest BCUT2D eigenvalue weighted by molar-refractivity contribution is 7.92. The molecule has 1 heterocycles. The Hall–Kier alpha value is -2.03. The zero-order valence-corrected chi connectivity index (χ0v) is 14.3. The highest BCUT2D eigenvalue weighted by atomic mass is 35.5. The van der Waals surface area contributed by atoms with Crippen LogP contribution in [0.4, 0.5) is 10.1 Å².